The van der Waals surface area contributed by atoms with Gasteiger partial charge in [-0.15, -0.1) is 0 Å². The van der Waals surface area contributed by atoms with E-state index < -0.39 is 18.0 Å². The Kier molecular flexibility index (Phi) is 4.87. The number of carboxylic acid groups (broad SMARTS) is 1. The fourth-order valence-electron chi connectivity index (χ4n) is 1.28. The Hall–Kier alpha value is -2.57. The number of amides is 2. The number of anilines is 1. The lowest BCUT2D eigenvalue weighted by Crippen LogP contribution is -2.34. The SMILES string of the molecule is COC(=O)CNC(=O)Nc1cc(C(=O)O)ccc1C. The number of benzene rings is 1. The van der Waals surface area contributed by atoms with Crippen LogP contribution in [0.3, 0.4) is 0 Å². The van der Waals surface area contributed by atoms with Gasteiger partial charge in [-0.05, 0) is 24.6 Å². The zero-order valence-electron chi connectivity index (χ0n) is 10.5. The highest BCUT2D eigenvalue weighted by Gasteiger charge is 2.09. The summed E-state index contributed by atoms with van der Waals surface area (Å²) in [5.74, 6) is -1.66. The summed E-state index contributed by atoms with van der Waals surface area (Å²) in [5, 5.41) is 13.6. The molecule has 7 heteroatoms. The van der Waals surface area contributed by atoms with Crippen molar-refractivity contribution in [1.29, 1.82) is 0 Å². The number of carboxylic acids is 1. The van der Waals surface area contributed by atoms with Gasteiger partial charge in [-0.1, -0.05) is 6.07 Å². The third kappa shape index (κ3) is 4.30. The predicted octanol–water partition coefficient (Wildman–Crippen LogP) is 0.988. The molecule has 0 bridgehead atoms. The first-order valence-corrected chi connectivity index (χ1v) is 5.39. The molecule has 102 valence electrons. The van der Waals surface area contributed by atoms with Gasteiger partial charge in [-0.3, -0.25) is 4.79 Å². The minimum absolute atomic E-state index is 0.0638. The van der Waals surface area contributed by atoms with E-state index in [0.717, 1.165) is 0 Å². The molecule has 0 atom stereocenters. The standard InChI is InChI=1S/C12H14N2O5/c1-7-3-4-8(11(16)17)5-9(7)14-12(18)13-6-10(15)19-2/h3-5H,6H2,1-2H3,(H,16,17)(H2,13,14,18). The highest BCUT2D eigenvalue weighted by Crippen LogP contribution is 2.16. The summed E-state index contributed by atoms with van der Waals surface area (Å²) >= 11 is 0. The van der Waals surface area contributed by atoms with E-state index in [1.54, 1.807) is 13.0 Å². The van der Waals surface area contributed by atoms with Crippen molar-refractivity contribution in [3.05, 3.63) is 29.3 Å². The van der Waals surface area contributed by atoms with Crippen molar-refractivity contribution in [1.82, 2.24) is 5.32 Å². The van der Waals surface area contributed by atoms with Crippen LogP contribution in [0.5, 0.6) is 0 Å². The van der Waals surface area contributed by atoms with Crippen LogP contribution in [0.25, 0.3) is 0 Å². The Balaban J connectivity index is 2.70. The van der Waals surface area contributed by atoms with Gasteiger partial charge in [0.2, 0.25) is 0 Å². The van der Waals surface area contributed by atoms with Crippen molar-refractivity contribution in [3.8, 4) is 0 Å². The number of aryl methyl sites for hydroxylation is 1. The van der Waals surface area contributed by atoms with E-state index >= 15 is 0 Å². The van der Waals surface area contributed by atoms with Crippen molar-refractivity contribution in [3.63, 3.8) is 0 Å². The van der Waals surface area contributed by atoms with Gasteiger partial charge >= 0.3 is 18.0 Å². The summed E-state index contributed by atoms with van der Waals surface area (Å²) in [7, 11) is 1.21. The summed E-state index contributed by atoms with van der Waals surface area (Å²) in [6.07, 6.45) is 0. The van der Waals surface area contributed by atoms with E-state index in [-0.39, 0.29) is 12.1 Å². The number of nitrogens with one attached hydrogen (secondary N) is 2. The van der Waals surface area contributed by atoms with E-state index in [1.807, 2.05) is 0 Å². The maximum absolute atomic E-state index is 11.5. The summed E-state index contributed by atoms with van der Waals surface area (Å²) in [6.45, 7) is 1.46. The van der Waals surface area contributed by atoms with Crippen molar-refractivity contribution >= 4 is 23.7 Å². The van der Waals surface area contributed by atoms with Crippen LogP contribution in [-0.2, 0) is 9.53 Å². The topological polar surface area (TPSA) is 105 Å². The highest BCUT2D eigenvalue weighted by molar-refractivity contribution is 5.94. The summed E-state index contributed by atoms with van der Waals surface area (Å²) < 4.78 is 4.37. The van der Waals surface area contributed by atoms with Crippen LogP contribution in [0, 0.1) is 6.92 Å². The number of aromatic carboxylic acids is 1. The second-order valence-corrected chi connectivity index (χ2v) is 3.72. The van der Waals surface area contributed by atoms with Gasteiger partial charge < -0.3 is 20.5 Å². The minimum Gasteiger partial charge on any atom is -0.478 e. The maximum atomic E-state index is 11.5. The van der Waals surface area contributed by atoms with Gasteiger partial charge in [0.15, 0.2) is 0 Å². The Morgan fingerprint density at radius 1 is 1.32 bits per heavy atom. The van der Waals surface area contributed by atoms with E-state index in [0.29, 0.717) is 11.3 Å². The maximum Gasteiger partial charge on any atom is 0.335 e. The lowest BCUT2D eigenvalue weighted by Gasteiger charge is -2.10. The lowest BCUT2D eigenvalue weighted by atomic mass is 10.1. The van der Waals surface area contributed by atoms with Crippen LogP contribution in [-0.4, -0.2) is 36.7 Å². The van der Waals surface area contributed by atoms with Crippen LogP contribution in [0.1, 0.15) is 15.9 Å². The van der Waals surface area contributed by atoms with Crippen LogP contribution < -0.4 is 10.6 Å². The predicted molar refractivity (Wildman–Crippen MR) is 67.2 cm³/mol. The minimum atomic E-state index is -1.09. The number of methoxy groups -OCH3 is 1. The fourth-order valence-corrected chi connectivity index (χ4v) is 1.28. The van der Waals surface area contributed by atoms with Crippen molar-refractivity contribution in [2.45, 2.75) is 6.92 Å². The molecule has 0 saturated carbocycles. The summed E-state index contributed by atoms with van der Waals surface area (Å²) in [4.78, 5) is 33.1. The van der Waals surface area contributed by atoms with E-state index in [1.165, 1.54) is 19.2 Å². The average Bonchev–Trinajstić information content (AvgIpc) is 2.38. The van der Waals surface area contributed by atoms with Crippen molar-refractivity contribution in [2.75, 3.05) is 19.0 Å². The van der Waals surface area contributed by atoms with Gasteiger partial charge in [0, 0.05) is 5.69 Å². The van der Waals surface area contributed by atoms with Crippen LogP contribution in [0.2, 0.25) is 0 Å². The molecule has 0 aliphatic rings. The molecular formula is C12H14N2O5. The lowest BCUT2D eigenvalue weighted by molar-refractivity contribution is -0.139. The largest absolute Gasteiger partial charge is 0.478 e. The molecule has 0 spiro atoms. The van der Waals surface area contributed by atoms with Crippen LogP contribution >= 0.6 is 0 Å². The molecule has 1 aromatic carbocycles. The monoisotopic (exact) mass is 266 g/mol. The number of hydrogen-bond acceptors (Lipinski definition) is 4. The molecule has 0 aliphatic carbocycles. The molecule has 7 nitrogen and oxygen atoms in total. The number of rotatable bonds is 4. The number of carbonyl (C=O) groups is 3. The quantitative estimate of drug-likeness (QED) is 0.705. The molecule has 0 saturated heterocycles. The number of esters is 1. The van der Waals surface area contributed by atoms with Crippen molar-refractivity contribution in [2.24, 2.45) is 0 Å². The van der Waals surface area contributed by atoms with Gasteiger partial charge in [-0.25, -0.2) is 9.59 Å². The van der Waals surface area contributed by atoms with E-state index in [2.05, 4.69) is 15.4 Å². The molecule has 3 N–H and O–H groups in total. The molecule has 1 rings (SSSR count). The smallest absolute Gasteiger partial charge is 0.335 e. The third-order valence-corrected chi connectivity index (χ3v) is 2.35. The zero-order chi connectivity index (χ0) is 14.4. The Bertz CT molecular complexity index is 513. The number of carbonyl (C=O) groups excluding carboxylic acids is 2. The Morgan fingerprint density at radius 2 is 2.00 bits per heavy atom. The second-order valence-electron chi connectivity index (χ2n) is 3.72. The van der Waals surface area contributed by atoms with Crippen molar-refractivity contribution < 1.29 is 24.2 Å². The molecule has 0 unspecified atom stereocenters. The van der Waals surface area contributed by atoms with E-state index in [4.69, 9.17) is 5.11 Å². The van der Waals surface area contributed by atoms with Gasteiger partial charge in [-0.2, -0.15) is 0 Å². The molecule has 0 aromatic heterocycles. The molecule has 19 heavy (non-hydrogen) atoms. The van der Waals surface area contributed by atoms with Crippen LogP contribution in [0.15, 0.2) is 18.2 Å². The first-order valence-electron chi connectivity index (χ1n) is 5.39. The number of ether oxygens (including phenoxy) is 1. The summed E-state index contributed by atoms with van der Waals surface area (Å²) in [5.41, 5.74) is 1.13. The second kappa shape index (κ2) is 6.39. The molecule has 2 amide bonds. The average molecular weight is 266 g/mol. The molecular weight excluding hydrogens is 252 g/mol. The van der Waals surface area contributed by atoms with Gasteiger partial charge in [0.1, 0.15) is 6.54 Å². The molecule has 0 aliphatic heterocycles. The molecule has 0 fully saturated rings. The third-order valence-electron chi connectivity index (χ3n) is 2.35. The Labute approximate surface area is 109 Å². The number of urea groups is 1. The first-order chi connectivity index (χ1) is 8.93. The first kappa shape index (κ1) is 14.5. The van der Waals surface area contributed by atoms with Gasteiger partial charge in [0.25, 0.3) is 0 Å². The molecule has 1 aromatic rings. The fraction of sp³-hybridized carbons (Fsp3) is 0.250. The van der Waals surface area contributed by atoms with Gasteiger partial charge in [0.05, 0.1) is 12.7 Å². The summed E-state index contributed by atoms with van der Waals surface area (Å²) in [6, 6.07) is 3.75. The molecule has 0 radical (unpaired) electrons. The number of hydrogen-bond donors (Lipinski definition) is 3. The normalized spacial score (nSPS) is 9.58. The van der Waals surface area contributed by atoms with Crippen LogP contribution in [0.4, 0.5) is 10.5 Å². The zero-order valence-corrected chi connectivity index (χ0v) is 10.5. The van der Waals surface area contributed by atoms with E-state index in [9.17, 15) is 14.4 Å². The highest BCUT2D eigenvalue weighted by atomic mass is 16.5. The Morgan fingerprint density at radius 3 is 2.58 bits per heavy atom. The molecule has 0 heterocycles.